The molecule has 3 nitrogen and oxygen atoms in total. The van der Waals surface area contributed by atoms with Crippen LogP contribution < -0.4 is 4.74 Å². The highest BCUT2D eigenvalue weighted by Crippen LogP contribution is 2.49. The summed E-state index contributed by atoms with van der Waals surface area (Å²) in [6, 6.07) is 7.73. The first kappa shape index (κ1) is 15.3. The van der Waals surface area contributed by atoms with Crippen LogP contribution in [-0.4, -0.2) is 12.6 Å². The molecule has 2 aliphatic rings. The van der Waals surface area contributed by atoms with Gasteiger partial charge in [0.1, 0.15) is 5.75 Å². The topological polar surface area (TPSA) is 35.5 Å². The Bertz CT molecular complexity index is 587. The van der Waals surface area contributed by atoms with Crippen LogP contribution in [0.3, 0.4) is 0 Å². The summed E-state index contributed by atoms with van der Waals surface area (Å²) in [6.07, 6.45) is 2.51. The number of carbonyl (C=O) groups excluding carboxylic acids is 1. The number of benzene rings is 1. The predicted octanol–water partition coefficient (Wildman–Crippen LogP) is 4.15. The molecule has 5 atom stereocenters. The molecule has 3 heteroatoms. The Morgan fingerprint density at radius 1 is 1.23 bits per heavy atom. The lowest BCUT2D eigenvalue weighted by molar-refractivity contribution is -0.131. The molecule has 0 saturated carbocycles. The van der Waals surface area contributed by atoms with Gasteiger partial charge in [-0.25, -0.2) is 0 Å². The largest absolute Gasteiger partial charge is 0.427 e. The first-order valence-corrected chi connectivity index (χ1v) is 8.05. The lowest BCUT2D eigenvalue weighted by Crippen LogP contribution is -2.42. The summed E-state index contributed by atoms with van der Waals surface area (Å²) in [7, 11) is 0. The molecule has 0 spiro atoms. The summed E-state index contributed by atoms with van der Waals surface area (Å²) in [5, 5.41) is 0. The Labute approximate surface area is 132 Å². The average molecular weight is 300 g/mol. The molecule has 1 aliphatic carbocycles. The van der Waals surface area contributed by atoms with Crippen molar-refractivity contribution in [3.05, 3.63) is 41.5 Å². The molecule has 0 amide bonds. The van der Waals surface area contributed by atoms with Crippen molar-refractivity contribution in [3.8, 4) is 5.75 Å². The third-order valence-corrected chi connectivity index (χ3v) is 5.23. The molecule has 1 fully saturated rings. The zero-order valence-electron chi connectivity index (χ0n) is 13.7. The maximum Gasteiger partial charge on any atom is 0.308 e. The summed E-state index contributed by atoms with van der Waals surface area (Å²) in [6.45, 7) is 9.10. The Kier molecular flexibility index (Phi) is 4.09. The third kappa shape index (κ3) is 2.70. The van der Waals surface area contributed by atoms with Gasteiger partial charge in [-0.05, 0) is 42.4 Å². The van der Waals surface area contributed by atoms with E-state index in [0.29, 0.717) is 29.4 Å². The summed E-state index contributed by atoms with van der Waals surface area (Å²) >= 11 is 0. The molecule has 0 unspecified atom stereocenters. The van der Waals surface area contributed by atoms with Crippen molar-refractivity contribution >= 4 is 5.97 Å². The highest BCUT2D eigenvalue weighted by Gasteiger charge is 2.43. The van der Waals surface area contributed by atoms with Crippen LogP contribution in [0.4, 0.5) is 0 Å². The normalized spacial score (nSPS) is 34.0. The van der Waals surface area contributed by atoms with Gasteiger partial charge in [0.25, 0.3) is 0 Å². The van der Waals surface area contributed by atoms with Gasteiger partial charge in [0, 0.05) is 12.8 Å². The number of rotatable bonds is 2. The van der Waals surface area contributed by atoms with Gasteiger partial charge in [0.05, 0.1) is 12.7 Å². The van der Waals surface area contributed by atoms with Gasteiger partial charge in [-0.2, -0.15) is 0 Å². The molecular weight excluding hydrogens is 276 g/mol. The van der Waals surface area contributed by atoms with Gasteiger partial charge in [-0.1, -0.05) is 37.6 Å². The average Bonchev–Trinajstić information content (AvgIpc) is 2.45. The zero-order valence-corrected chi connectivity index (χ0v) is 13.7. The monoisotopic (exact) mass is 300 g/mol. The van der Waals surface area contributed by atoms with E-state index in [1.54, 1.807) is 0 Å². The van der Waals surface area contributed by atoms with Crippen LogP contribution in [0.25, 0.3) is 0 Å². The van der Waals surface area contributed by atoms with Crippen molar-refractivity contribution in [1.82, 2.24) is 0 Å². The standard InChI is InChI=1S/C19H24O3/c1-11-9-12(2)18-13(3)17(11)10-21-19(18)15-5-7-16(8-6-15)22-14(4)20/h5-9,11,13,17-19H,10H2,1-4H3/t11-,13+,17-,18+,19+/m0/s1. The number of esters is 1. The number of hydrogen-bond acceptors (Lipinski definition) is 3. The van der Waals surface area contributed by atoms with Gasteiger partial charge in [0.2, 0.25) is 0 Å². The van der Waals surface area contributed by atoms with Gasteiger partial charge in [-0.3, -0.25) is 4.79 Å². The van der Waals surface area contributed by atoms with E-state index in [1.165, 1.54) is 12.5 Å². The fourth-order valence-electron chi connectivity index (χ4n) is 4.14. The summed E-state index contributed by atoms with van der Waals surface area (Å²) in [5.41, 5.74) is 2.60. The molecule has 118 valence electrons. The predicted molar refractivity (Wildman–Crippen MR) is 85.5 cm³/mol. The van der Waals surface area contributed by atoms with Crippen molar-refractivity contribution < 1.29 is 14.3 Å². The lowest BCUT2D eigenvalue weighted by atomic mass is 9.64. The number of allylic oxidation sites excluding steroid dienone is 1. The lowest BCUT2D eigenvalue weighted by Gasteiger charge is -2.47. The maximum absolute atomic E-state index is 11.0. The van der Waals surface area contributed by atoms with E-state index in [-0.39, 0.29) is 12.1 Å². The van der Waals surface area contributed by atoms with E-state index in [1.807, 2.05) is 24.3 Å². The Hall–Kier alpha value is -1.61. The number of fused-ring (bicyclic) bond motifs is 2. The van der Waals surface area contributed by atoms with E-state index < -0.39 is 0 Å². The van der Waals surface area contributed by atoms with Gasteiger partial charge < -0.3 is 9.47 Å². The Morgan fingerprint density at radius 2 is 1.91 bits per heavy atom. The van der Waals surface area contributed by atoms with Crippen LogP contribution in [0.1, 0.15) is 39.4 Å². The van der Waals surface area contributed by atoms with Crippen molar-refractivity contribution in [2.45, 2.75) is 33.8 Å². The third-order valence-electron chi connectivity index (χ3n) is 5.23. The van der Waals surface area contributed by atoms with E-state index >= 15 is 0 Å². The van der Waals surface area contributed by atoms with Crippen LogP contribution in [-0.2, 0) is 9.53 Å². The van der Waals surface area contributed by atoms with Crippen LogP contribution in [0, 0.1) is 23.7 Å². The SMILES string of the molecule is CC(=O)Oc1ccc([C@H]2OC[C@@H]3[C@@H](C)[C@H]2C(C)=C[C@@H]3C)cc1. The number of carbonyl (C=O) groups is 1. The van der Waals surface area contributed by atoms with Gasteiger partial charge >= 0.3 is 5.97 Å². The van der Waals surface area contributed by atoms with Gasteiger partial charge in [0.15, 0.2) is 0 Å². The fraction of sp³-hybridized carbons (Fsp3) is 0.526. The van der Waals surface area contributed by atoms with E-state index in [2.05, 4.69) is 26.8 Å². The van der Waals surface area contributed by atoms with E-state index in [0.717, 1.165) is 12.2 Å². The van der Waals surface area contributed by atoms with Crippen molar-refractivity contribution in [2.24, 2.45) is 23.7 Å². The van der Waals surface area contributed by atoms with Gasteiger partial charge in [-0.15, -0.1) is 0 Å². The first-order valence-electron chi connectivity index (χ1n) is 8.05. The molecule has 1 aliphatic heterocycles. The molecule has 1 saturated heterocycles. The summed E-state index contributed by atoms with van der Waals surface area (Å²) in [4.78, 5) is 11.0. The Balaban J connectivity index is 1.86. The first-order chi connectivity index (χ1) is 10.5. The van der Waals surface area contributed by atoms with Crippen molar-refractivity contribution in [1.29, 1.82) is 0 Å². The second kappa shape index (κ2) is 5.88. The molecule has 0 aromatic heterocycles. The van der Waals surface area contributed by atoms with E-state index in [4.69, 9.17) is 9.47 Å². The quantitative estimate of drug-likeness (QED) is 0.467. The second-order valence-electron chi connectivity index (χ2n) is 6.74. The number of hydrogen-bond donors (Lipinski definition) is 0. The maximum atomic E-state index is 11.0. The molecule has 1 heterocycles. The van der Waals surface area contributed by atoms with Crippen LogP contribution >= 0.6 is 0 Å². The minimum absolute atomic E-state index is 0.0985. The summed E-state index contributed by atoms with van der Waals surface area (Å²) in [5.74, 6) is 2.57. The highest BCUT2D eigenvalue weighted by molar-refractivity contribution is 5.69. The fourth-order valence-corrected chi connectivity index (χ4v) is 4.14. The minimum atomic E-state index is -0.293. The molecule has 3 rings (SSSR count). The molecule has 2 bridgehead atoms. The van der Waals surface area contributed by atoms with E-state index in [9.17, 15) is 4.79 Å². The molecular formula is C19H24O3. The highest BCUT2D eigenvalue weighted by atomic mass is 16.5. The summed E-state index contributed by atoms with van der Waals surface area (Å²) < 4.78 is 11.3. The Morgan fingerprint density at radius 3 is 2.55 bits per heavy atom. The molecule has 22 heavy (non-hydrogen) atoms. The number of ether oxygens (including phenoxy) is 2. The second-order valence-corrected chi connectivity index (χ2v) is 6.74. The van der Waals surface area contributed by atoms with Crippen molar-refractivity contribution in [2.75, 3.05) is 6.61 Å². The van der Waals surface area contributed by atoms with Crippen LogP contribution in [0.2, 0.25) is 0 Å². The van der Waals surface area contributed by atoms with Crippen molar-refractivity contribution in [3.63, 3.8) is 0 Å². The van der Waals surface area contributed by atoms with Crippen LogP contribution in [0.15, 0.2) is 35.9 Å². The molecule has 0 N–H and O–H groups in total. The van der Waals surface area contributed by atoms with Crippen LogP contribution in [0.5, 0.6) is 5.75 Å². The molecule has 1 aromatic rings. The molecule has 0 radical (unpaired) electrons. The molecule has 1 aromatic carbocycles. The zero-order chi connectivity index (χ0) is 15.9. The minimum Gasteiger partial charge on any atom is -0.427 e. The smallest absolute Gasteiger partial charge is 0.308 e.